The molecule has 228 valence electrons. The predicted molar refractivity (Wildman–Crippen MR) is 164 cm³/mol. The highest BCUT2D eigenvalue weighted by atomic mass is 16.5. The maximum absolute atomic E-state index is 13.9. The summed E-state index contributed by atoms with van der Waals surface area (Å²) in [6.07, 6.45) is 0.775. The number of ether oxygens (including phenoxy) is 2. The molecule has 0 radical (unpaired) electrons. The Labute approximate surface area is 251 Å². The number of nitrogens with two attached hydrogens (primary N) is 3. The number of hydrogen-bond donors (Lipinski definition) is 6. The standard InChI is InChI=1S/C31H39N7O5/c1-42-24-13-9-22(10-14-24)27(23-11-15-25(43-2)16-12-23)29(40)38-26(4-3-17-35-30(32)33)28(39)36-18-20-5-7-21(8-6-20)19-37-31(34)41/h5-16,26-27H,3-4,17-19H2,1-2H3,(H,36,39)(H,38,40)(H4,32,33,35)(H3,34,37,41)/t26-/m1/s1. The van der Waals surface area contributed by atoms with E-state index in [4.69, 9.17) is 26.7 Å². The Bertz CT molecular complexity index is 1330. The second kappa shape index (κ2) is 16.2. The van der Waals surface area contributed by atoms with Crippen molar-refractivity contribution in [2.75, 3.05) is 20.8 Å². The average molecular weight is 590 g/mol. The first-order valence-corrected chi connectivity index (χ1v) is 13.7. The number of nitrogens with one attached hydrogen (secondary N) is 3. The molecule has 0 spiro atoms. The van der Waals surface area contributed by atoms with Crippen LogP contribution in [0.15, 0.2) is 77.8 Å². The quantitative estimate of drug-likeness (QED) is 0.0883. The molecule has 12 heteroatoms. The Hall–Kier alpha value is -5.26. The molecule has 4 amide bonds. The summed E-state index contributed by atoms with van der Waals surface area (Å²) in [6.45, 7) is 0.849. The normalized spacial score (nSPS) is 11.2. The van der Waals surface area contributed by atoms with Gasteiger partial charge in [0.1, 0.15) is 17.5 Å². The molecule has 0 aliphatic heterocycles. The first-order valence-electron chi connectivity index (χ1n) is 13.7. The van der Waals surface area contributed by atoms with Gasteiger partial charge in [-0.3, -0.25) is 14.6 Å². The second-order valence-corrected chi connectivity index (χ2v) is 9.74. The highest BCUT2D eigenvalue weighted by Crippen LogP contribution is 2.28. The van der Waals surface area contributed by atoms with Gasteiger partial charge in [-0.05, 0) is 59.4 Å². The minimum atomic E-state index is -0.847. The van der Waals surface area contributed by atoms with E-state index in [-0.39, 0.29) is 24.3 Å². The lowest BCUT2D eigenvalue weighted by molar-refractivity contribution is -0.129. The van der Waals surface area contributed by atoms with Crippen LogP contribution < -0.4 is 42.6 Å². The van der Waals surface area contributed by atoms with Gasteiger partial charge < -0.3 is 42.6 Å². The number of carbonyl (C=O) groups is 3. The molecule has 0 aromatic heterocycles. The highest BCUT2D eigenvalue weighted by molar-refractivity contribution is 5.92. The molecule has 12 nitrogen and oxygen atoms in total. The molecule has 0 saturated heterocycles. The zero-order valence-corrected chi connectivity index (χ0v) is 24.3. The molecule has 0 heterocycles. The fourth-order valence-corrected chi connectivity index (χ4v) is 4.39. The summed E-state index contributed by atoms with van der Waals surface area (Å²) in [4.78, 5) is 42.2. The van der Waals surface area contributed by atoms with Crippen LogP contribution in [-0.2, 0) is 22.7 Å². The van der Waals surface area contributed by atoms with Crippen molar-refractivity contribution in [3.63, 3.8) is 0 Å². The van der Waals surface area contributed by atoms with Gasteiger partial charge in [-0.2, -0.15) is 0 Å². The summed E-state index contributed by atoms with van der Waals surface area (Å²) in [7, 11) is 3.15. The molecule has 9 N–H and O–H groups in total. The molecule has 3 aromatic rings. The van der Waals surface area contributed by atoms with E-state index in [2.05, 4.69) is 20.9 Å². The van der Waals surface area contributed by atoms with Crippen LogP contribution >= 0.6 is 0 Å². The highest BCUT2D eigenvalue weighted by Gasteiger charge is 2.28. The van der Waals surface area contributed by atoms with Gasteiger partial charge in [0.15, 0.2) is 5.96 Å². The lowest BCUT2D eigenvalue weighted by Crippen LogP contribution is -2.48. The third-order valence-corrected chi connectivity index (χ3v) is 6.70. The van der Waals surface area contributed by atoms with E-state index in [1.807, 2.05) is 48.5 Å². The maximum atomic E-state index is 13.9. The minimum Gasteiger partial charge on any atom is -0.497 e. The number of benzene rings is 3. The molecular weight excluding hydrogens is 550 g/mol. The molecule has 0 bridgehead atoms. The van der Waals surface area contributed by atoms with E-state index in [1.54, 1.807) is 38.5 Å². The molecule has 0 aliphatic carbocycles. The Kier molecular flexibility index (Phi) is 12.2. The average Bonchev–Trinajstić information content (AvgIpc) is 3.01. The topological polar surface area (TPSA) is 196 Å². The number of nitrogens with zero attached hydrogens (tertiary/aromatic N) is 1. The summed E-state index contributed by atoms with van der Waals surface area (Å²) in [5, 5.41) is 8.40. The van der Waals surface area contributed by atoms with Crippen LogP contribution in [0.4, 0.5) is 4.79 Å². The monoisotopic (exact) mass is 589 g/mol. The number of guanidine groups is 1. The Morgan fingerprint density at radius 1 is 0.721 bits per heavy atom. The van der Waals surface area contributed by atoms with Crippen LogP contribution in [-0.4, -0.2) is 50.6 Å². The molecule has 3 aromatic carbocycles. The van der Waals surface area contributed by atoms with Crippen molar-refractivity contribution in [2.24, 2.45) is 22.2 Å². The minimum absolute atomic E-state index is 0.0430. The van der Waals surface area contributed by atoms with Crippen molar-refractivity contribution in [2.45, 2.75) is 37.9 Å². The van der Waals surface area contributed by atoms with Crippen molar-refractivity contribution in [1.29, 1.82) is 0 Å². The van der Waals surface area contributed by atoms with Gasteiger partial charge in [-0.25, -0.2) is 4.79 Å². The van der Waals surface area contributed by atoms with E-state index >= 15 is 0 Å². The first kappa shape index (κ1) is 32.3. The van der Waals surface area contributed by atoms with Gasteiger partial charge in [0, 0.05) is 19.6 Å². The van der Waals surface area contributed by atoms with E-state index in [0.29, 0.717) is 37.4 Å². The number of amides is 4. The van der Waals surface area contributed by atoms with Gasteiger partial charge in [-0.15, -0.1) is 0 Å². The van der Waals surface area contributed by atoms with Crippen LogP contribution in [0, 0.1) is 0 Å². The smallest absolute Gasteiger partial charge is 0.312 e. The fourth-order valence-electron chi connectivity index (χ4n) is 4.39. The summed E-state index contributed by atoms with van der Waals surface area (Å²) in [5.74, 6) is -0.118. The lowest BCUT2D eigenvalue weighted by atomic mass is 9.90. The van der Waals surface area contributed by atoms with Crippen LogP contribution in [0.3, 0.4) is 0 Å². The Morgan fingerprint density at radius 2 is 1.21 bits per heavy atom. The van der Waals surface area contributed by atoms with E-state index < -0.39 is 18.0 Å². The van der Waals surface area contributed by atoms with Gasteiger partial charge in [-0.1, -0.05) is 48.5 Å². The van der Waals surface area contributed by atoms with Gasteiger partial charge in [0.2, 0.25) is 11.8 Å². The molecule has 1 atom stereocenters. The fraction of sp³-hybridized carbons (Fsp3) is 0.290. The van der Waals surface area contributed by atoms with Gasteiger partial charge in [0.05, 0.1) is 20.1 Å². The van der Waals surface area contributed by atoms with E-state index in [1.165, 1.54) is 0 Å². The van der Waals surface area contributed by atoms with Crippen molar-refractivity contribution in [3.05, 3.63) is 95.1 Å². The largest absolute Gasteiger partial charge is 0.497 e. The second-order valence-electron chi connectivity index (χ2n) is 9.74. The summed E-state index contributed by atoms with van der Waals surface area (Å²) in [6, 6.07) is 20.3. The lowest BCUT2D eigenvalue weighted by Gasteiger charge is -2.23. The zero-order chi connectivity index (χ0) is 31.2. The van der Waals surface area contributed by atoms with Gasteiger partial charge >= 0.3 is 6.03 Å². The summed E-state index contributed by atoms with van der Waals surface area (Å²) < 4.78 is 10.6. The number of hydrogen-bond acceptors (Lipinski definition) is 6. The molecule has 43 heavy (non-hydrogen) atoms. The van der Waals surface area contributed by atoms with Crippen LogP contribution in [0.1, 0.15) is 41.0 Å². The molecule has 0 saturated carbocycles. The third kappa shape index (κ3) is 10.3. The Morgan fingerprint density at radius 3 is 1.65 bits per heavy atom. The first-order chi connectivity index (χ1) is 20.7. The number of carbonyl (C=O) groups excluding carboxylic acids is 3. The van der Waals surface area contributed by atoms with E-state index in [0.717, 1.165) is 22.3 Å². The number of methoxy groups -OCH3 is 2. The SMILES string of the molecule is COc1ccc(C(C(=O)N[C@H](CCCN=C(N)N)C(=O)NCc2ccc(CNC(N)=O)cc2)c2ccc(OC)cc2)cc1. The zero-order valence-electron chi connectivity index (χ0n) is 24.3. The Balaban J connectivity index is 1.78. The summed E-state index contributed by atoms with van der Waals surface area (Å²) >= 11 is 0. The van der Waals surface area contributed by atoms with Crippen molar-refractivity contribution >= 4 is 23.8 Å². The van der Waals surface area contributed by atoms with Crippen molar-refractivity contribution in [1.82, 2.24) is 16.0 Å². The molecule has 3 rings (SSSR count). The molecule has 0 unspecified atom stereocenters. The maximum Gasteiger partial charge on any atom is 0.312 e. The van der Waals surface area contributed by atoms with Crippen LogP contribution in [0.25, 0.3) is 0 Å². The predicted octanol–water partition coefficient (Wildman–Crippen LogP) is 1.86. The third-order valence-electron chi connectivity index (χ3n) is 6.70. The molecular formula is C31H39N7O5. The van der Waals surface area contributed by atoms with E-state index in [9.17, 15) is 14.4 Å². The van der Waals surface area contributed by atoms with Crippen molar-refractivity contribution in [3.8, 4) is 11.5 Å². The van der Waals surface area contributed by atoms with Crippen LogP contribution in [0.5, 0.6) is 11.5 Å². The number of aliphatic imine (C=N–C) groups is 1. The van der Waals surface area contributed by atoms with Crippen molar-refractivity contribution < 1.29 is 23.9 Å². The number of primary amides is 1. The molecule has 0 fully saturated rings. The summed E-state index contributed by atoms with van der Waals surface area (Å²) in [5.41, 5.74) is 19.2. The molecule has 0 aliphatic rings. The number of urea groups is 1. The number of rotatable bonds is 15. The van der Waals surface area contributed by atoms with Crippen LogP contribution in [0.2, 0.25) is 0 Å². The van der Waals surface area contributed by atoms with Gasteiger partial charge in [0.25, 0.3) is 0 Å².